The molecule has 152 valence electrons. The van der Waals surface area contributed by atoms with E-state index in [1.54, 1.807) is 0 Å². The number of ether oxygens (including phenoxy) is 2. The lowest BCUT2D eigenvalue weighted by Crippen LogP contribution is -2.64. The minimum atomic E-state index is -1.18. The van der Waals surface area contributed by atoms with Crippen molar-refractivity contribution >= 4 is 24.0 Å². The van der Waals surface area contributed by atoms with E-state index < -0.39 is 28.1 Å². The van der Waals surface area contributed by atoms with E-state index in [2.05, 4.69) is 6.58 Å². The van der Waals surface area contributed by atoms with E-state index in [9.17, 15) is 19.2 Å². The first kappa shape index (κ1) is 19.3. The third-order valence-electron chi connectivity index (χ3n) is 8.19. The number of hydrogen-bond donors (Lipinski definition) is 0. The van der Waals surface area contributed by atoms with Gasteiger partial charge in [0.05, 0.1) is 13.2 Å². The fourth-order valence-electron chi connectivity index (χ4n) is 6.90. The molecular weight excluding hydrogens is 360 g/mol. The molecule has 6 atom stereocenters. The van der Waals surface area contributed by atoms with Crippen molar-refractivity contribution in [2.24, 2.45) is 34.0 Å². The Kier molecular flexibility index (Phi) is 4.32. The molecule has 4 aliphatic rings. The van der Waals surface area contributed by atoms with E-state index in [0.717, 1.165) is 38.4 Å². The molecule has 0 aromatic carbocycles. The van der Waals surface area contributed by atoms with Crippen LogP contribution in [0, 0.1) is 34.0 Å². The van der Waals surface area contributed by atoms with Gasteiger partial charge in [-0.05, 0) is 49.5 Å². The van der Waals surface area contributed by atoms with Crippen LogP contribution in [0.4, 0.5) is 0 Å². The summed E-state index contributed by atoms with van der Waals surface area (Å²) in [6.07, 6.45) is 5.28. The van der Waals surface area contributed by atoms with E-state index >= 15 is 0 Å². The van der Waals surface area contributed by atoms with Crippen molar-refractivity contribution in [3.63, 3.8) is 0 Å². The summed E-state index contributed by atoms with van der Waals surface area (Å²) < 4.78 is 11.0. The number of carbonyl (C=O) groups excluding carboxylic acids is 4. The molecule has 6 nitrogen and oxygen atoms in total. The van der Waals surface area contributed by atoms with Crippen LogP contribution in [-0.2, 0) is 28.7 Å². The van der Waals surface area contributed by atoms with Crippen LogP contribution in [0.25, 0.3) is 0 Å². The number of Topliss-reactive ketones (excluding diaryl/α,β-unsaturated/α-hetero) is 1. The Morgan fingerprint density at radius 1 is 1.32 bits per heavy atom. The summed E-state index contributed by atoms with van der Waals surface area (Å²) in [4.78, 5) is 49.9. The van der Waals surface area contributed by atoms with Gasteiger partial charge in [0.1, 0.15) is 11.7 Å². The largest absolute Gasteiger partial charge is 0.465 e. The highest BCUT2D eigenvalue weighted by Gasteiger charge is 2.72. The molecule has 2 spiro atoms. The van der Waals surface area contributed by atoms with Crippen LogP contribution < -0.4 is 0 Å². The lowest BCUT2D eigenvalue weighted by molar-refractivity contribution is -0.214. The van der Waals surface area contributed by atoms with Crippen LogP contribution in [0.1, 0.15) is 52.4 Å². The quantitative estimate of drug-likeness (QED) is 0.320. The topological polar surface area (TPSA) is 86.7 Å². The number of aldehydes is 1. The summed E-state index contributed by atoms with van der Waals surface area (Å²) in [7, 11) is 0. The SMILES string of the molecule is C=C1C(=O)[C@]23C[C@H]1CC[C@H]2[C@@]1(CCC[C@@](C)(COC(C)=O)[C@H]1C=O)COC3=O. The van der Waals surface area contributed by atoms with E-state index in [4.69, 9.17) is 9.47 Å². The maximum absolute atomic E-state index is 13.2. The van der Waals surface area contributed by atoms with Crippen molar-refractivity contribution in [3.05, 3.63) is 12.2 Å². The number of carbonyl (C=O) groups is 4. The molecule has 0 N–H and O–H groups in total. The first-order chi connectivity index (χ1) is 13.2. The first-order valence-electron chi connectivity index (χ1n) is 10.2. The Morgan fingerprint density at radius 2 is 2.07 bits per heavy atom. The summed E-state index contributed by atoms with van der Waals surface area (Å²) in [6.45, 7) is 7.61. The molecule has 2 bridgehead atoms. The molecule has 4 rings (SSSR count). The fourth-order valence-corrected chi connectivity index (χ4v) is 6.90. The number of hydrogen-bond acceptors (Lipinski definition) is 6. The summed E-state index contributed by atoms with van der Waals surface area (Å²) in [6, 6.07) is 0. The Bertz CT molecular complexity index is 771. The minimum absolute atomic E-state index is 0.0390. The van der Waals surface area contributed by atoms with Crippen molar-refractivity contribution in [2.75, 3.05) is 13.2 Å². The maximum atomic E-state index is 13.2. The molecule has 0 aromatic heterocycles. The summed E-state index contributed by atoms with van der Waals surface area (Å²) >= 11 is 0. The van der Waals surface area contributed by atoms with Gasteiger partial charge in [-0.3, -0.25) is 14.4 Å². The normalized spacial score (nSPS) is 44.8. The van der Waals surface area contributed by atoms with Crippen molar-refractivity contribution < 1.29 is 28.7 Å². The van der Waals surface area contributed by atoms with Gasteiger partial charge >= 0.3 is 11.9 Å². The molecule has 1 saturated heterocycles. The van der Waals surface area contributed by atoms with Crippen molar-refractivity contribution in [3.8, 4) is 0 Å². The standard InChI is InChI=1S/C22H28O6/c1-13-15-5-6-16-21(12-28-19(26)22(16,9-15)18(13)25)8-4-7-20(3,17(21)10-23)11-27-14(2)24/h10,15-17H,1,4-9,11-12H2,2-3H3/t15-,16+,17-,20+,21-,22+/m1/s1. The summed E-state index contributed by atoms with van der Waals surface area (Å²) in [5.74, 6) is -1.62. The molecule has 0 unspecified atom stereocenters. The van der Waals surface area contributed by atoms with Crippen LogP contribution in [0.5, 0.6) is 0 Å². The smallest absolute Gasteiger partial charge is 0.320 e. The van der Waals surface area contributed by atoms with Gasteiger partial charge in [-0.25, -0.2) is 0 Å². The highest BCUT2D eigenvalue weighted by Crippen LogP contribution is 2.67. The summed E-state index contributed by atoms with van der Waals surface area (Å²) in [5.41, 5.74) is -1.77. The average molecular weight is 388 g/mol. The molecular formula is C22H28O6. The third kappa shape index (κ3) is 2.32. The number of rotatable bonds is 3. The molecule has 4 fully saturated rings. The Morgan fingerprint density at radius 3 is 2.75 bits per heavy atom. The highest BCUT2D eigenvalue weighted by atomic mass is 16.5. The molecule has 28 heavy (non-hydrogen) atoms. The predicted molar refractivity (Wildman–Crippen MR) is 98.9 cm³/mol. The zero-order chi connectivity index (χ0) is 20.3. The average Bonchev–Trinajstić information content (AvgIpc) is 2.85. The van der Waals surface area contributed by atoms with Gasteiger partial charge in [0.15, 0.2) is 5.78 Å². The van der Waals surface area contributed by atoms with Crippen molar-refractivity contribution in [1.82, 2.24) is 0 Å². The van der Waals surface area contributed by atoms with Crippen molar-refractivity contribution in [1.29, 1.82) is 0 Å². The molecule has 1 aliphatic heterocycles. The van der Waals surface area contributed by atoms with E-state index in [0.29, 0.717) is 12.0 Å². The molecule has 3 aliphatic carbocycles. The molecule has 1 heterocycles. The Hall–Kier alpha value is -1.98. The first-order valence-corrected chi connectivity index (χ1v) is 10.2. The number of allylic oxidation sites excluding steroid dienone is 1. The van der Waals surface area contributed by atoms with Crippen LogP contribution in [0.3, 0.4) is 0 Å². The van der Waals surface area contributed by atoms with Gasteiger partial charge in [0.2, 0.25) is 0 Å². The number of fused-ring (bicyclic) bond motifs is 2. The fraction of sp³-hybridized carbons (Fsp3) is 0.727. The molecule has 3 saturated carbocycles. The Labute approximate surface area is 165 Å². The number of ketones is 1. The van der Waals surface area contributed by atoms with Gasteiger partial charge in [0.25, 0.3) is 0 Å². The van der Waals surface area contributed by atoms with E-state index in [1.165, 1.54) is 6.92 Å². The second-order valence-corrected chi connectivity index (χ2v) is 9.57. The van der Waals surface area contributed by atoms with Gasteiger partial charge < -0.3 is 14.3 Å². The predicted octanol–water partition coefficient (Wildman–Crippen LogP) is 2.64. The maximum Gasteiger partial charge on any atom is 0.320 e. The van der Waals surface area contributed by atoms with E-state index in [1.807, 2.05) is 6.92 Å². The zero-order valence-electron chi connectivity index (χ0n) is 16.6. The molecule has 0 radical (unpaired) electrons. The lowest BCUT2D eigenvalue weighted by atomic mass is 9.45. The highest BCUT2D eigenvalue weighted by molar-refractivity contribution is 6.15. The van der Waals surface area contributed by atoms with Crippen LogP contribution in [0.15, 0.2) is 12.2 Å². The van der Waals surface area contributed by atoms with Gasteiger partial charge in [-0.1, -0.05) is 19.9 Å². The van der Waals surface area contributed by atoms with Gasteiger partial charge in [-0.2, -0.15) is 0 Å². The van der Waals surface area contributed by atoms with Gasteiger partial charge in [-0.15, -0.1) is 0 Å². The van der Waals surface area contributed by atoms with Crippen LogP contribution >= 0.6 is 0 Å². The lowest BCUT2D eigenvalue weighted by Gasteiger charge is -2.60. The summed E-state index contributed by atoms with van der Waals surface area (Å²) in [5, 5.41) is 0. The monoisotopic (exact) mass is 388 g/mol. The third-order valence-corrected chi connectivity index (χ3v) is 8.19. The number of cyclic esters (lactones) is 1. The van der Waals surface area contributed by atoms with Crippen LogP contribution in [0.2, 0.25) is 0 Å². The molecule has 6 heteroatoms. The van der Waals surface area contributed by atoms with Gasteiger partial charge in [0, 0.05) is 23.7 Å². The van der Waals surface area contributed by atoms with Crippen LogP contribution in [-0.4, -0.2) is 37.2 Å². The molecule has 0 amide bonds. The second-order valence-electron chi connectivity index (χ2n) is 9.57. The molecule has 0 aromatic rings. The zero-order valence-corrected chi connectivity index (χ0v) is 16.6. The minimum Gasteiger partial charge on any atom is -0.465 e. The van der Waals surface area contributed by atoms with E-state index in [-0.39, 0.29) is 36.8 Å². The Balaban J connectivity index is 1.78. The number of esters is 2. The second kappa shape index (κ2) is 6.26. The van der Waals surface area contributed by atoms with Crippen molar-refractivity contribution in [2.45, 2.75) is 52.4 Å².